The van der Waals surface area contributed by atoms with E-state index in [2.05, 4.69) is 22.3 Å². The van der Waals surface area contributed by atoms with Crippen molar-refractivity contribution in [3.05, 3.63) is 24.3 Å². The molecule has 0 aromatic heterocycles. The van der Waals surface area contributed by atoms with Crippen LogP contribution >= 0.6 is 0 Å². The van der Waals surface area contributed by atoms with Gasteiger partial charge in [0.05, 0.1) is 13.3 Å². The van der Waals surface area contributed by atoms with Crippen molar-refractivity contribution < 1.29 is 4.74 Å². The first-order valence-corrected chi connectivity index (χ1v) is 4.86. The predicted octanol–water partition coefficient (Wildman–Crippen LogP) is 1.70. The molecule has 1 aromatic carbocycles. The second kappa shape index (κ2) is 5.50. The van der Waals surface area contributed by atoms with Gasteiger partial charge in [-0.25, -0.2) is 0 Å². The van der Waals surface area contributed by atoms with E-state index in [4.69, 9.17) is 4.74 Å². The molecule has 14 heavy (non-hydrogen) atoms. The van der Waals surface area contributed by atoms with Crippen LogP contribution in [0.15, 0.2) is 24.3 Å². The van der Waals surface area contributed by atoms with Crippen LogP contribution in [0.25, 0.3) is 0 Å². The van der Waals surface area contributed by atoms with Crippen molar-refractivity contribution >= 4 is 5.69 Å². The van der Waals surface area contributed by atoms with Crippen molar-refractivity contribution in [2.24, 2.45) is 0 Å². The number of benzene rings is 1. The maximum Gasteiger partial charge on any atom is 0.119 e. The van der Waals surface area contributed by atoms with Crippen LogP contribution in [-0.4, -0.2) is 27.4 Å². The van der Waals surface area contributed by atoms with E-state index in [-0.39, 0.29) is 0 Å². The smallest absolute Gasteiger partial charge is 0.119 e. The van der Waals surface area contributed by atoms with E-state index in [9.17, 15) is 0 Å². The third-order valence-electron chi connectivity index (χ3n) is 1.98. The van der Waals surface area contributed by atoms with Crippen LogP contribution in [-0.2, 0) is 0 Å². The van der Waals surface area contributed by atoms with Crippen LogP contribution < -0.4 is 15.0 Å². The van der Waals surface area contributed by atoms with Gasteiger partial charge in [0.15, 0.2) is 0 Å². The predicted molar refractivity (Wildman–Crippen MR) is 59.9 cm³/mol. The number of nitrogens with zero attached hydrogens (tertiary/aromatic N) is 1. The highest BCUT2D eigenvalue weighted by atomic mass is 16.5. The van der Waals surface area contributed by atoms with Gasteiger partial charge < -0.3 is 15.0 Å². The van der Waals surface area contributed by atoms with E-state index in [0.717, 1.165) is 12.4 Å². The largest absolute Gasteiger partial charge is 0.494 e. The van der Waals surface area contributed by atoms with E-state index < -0.39 is 0 Å². The van der Waals surface area contributed by atoms with Crippen LogP contribution in [0.3, 0.4) is 0 Å². The zero-order valence-electron chi connectivity index (χ0n) is 9.08. The first-order valence-electron chi connectivity index (χ1n) is 4.86. The van der Waals surface area contributed by atoms with Gasteiger partial charge in [0, 0.05) is 12.7 Å². The van der Waals surface area contributed by atoms with Gasteiger partial charge in [0.1, 0.15) is 5.75 Å². The van der Waals surface area contributed by atoms with Crippen LogP contribution in [0.5, 0.6) is 5.75 Å². The third kappa shape index (κ3) is 2.92. The maximum absolute atomic E-state index is 5.37. The average molecular weight is 194 g/mol. The monoisotopic (exact) mass is 194 g/mol. The molecule has 1 N–H and O–H groups in total. The highest BCUT2D eigenvalue weighted by Crippen LogP contribution is 2.17. The fourth-order valence-electron chi connectivity index (χ4n) is 1.29. The lowest BCUT2D eigenvalue weighted by Crippen LogP contribution is -2.28. The summed E-state index contributed by atoms with van der Waals surface area (Å²) in [6.07, 6.45) is 0. The van der Waals surface area contributed by atoms with Gasteiger partial charge in [-0.2, -0.15) is 0 Å². The first kappa shape index (κ1) is 10.9. The van der Waals surface area contributed by atoms with E-state index in [1.807, 2.05) is 33.2 Å². The Hall–Kier alpha value is -1.22. The Morgan fingerprint density at radius 1 is 1.29 bits per heavy atom. The Balaban J connectivity index is 2.62. The number of anilines is 1. The van der Waals surface area contributed by atoms with Crippen molar-refractivity contribution in [2.75, 3.05) is 32.3 Å². The van der Waals surface area contributed by atoms with Gasteiger partial charge >= 0.3 is 0 Å². The summed E-state index contributed by atoms with van der Waals surface area (Å²) in [7, 11) is 3.98. The van der Waals surface area contributed by atoms with Crippen molar-refractivity contribution in [3.63, 3.8) is 0 Å². The summed E-state index contributed by atoms with van der Waals surface area (Å²) in [5.74, 6) is 0.925. The highest BCUT2D eigenvalue weighted by Gasteiger charge is 1.98. The van der Waals surface area contributed by atoms with Crippen molar-refractivity contribution in [1.82, 2.24) is 5.32 Å². The molecule has 78 valence electrons. The van der Waals surface area contributed by atoms with Gasteiger partial charge in [-0.05, 0) is 38.2 Å². The molecule has 3 heteroatoms. The van der Waals surface area contributed by atoms with Crippen LogP contribution in [0.4, 0.5) is 5.69 Å². The first-order chi connectivity index (χ1) is 6.77. The van der Waals surface area contributed by atoms with E-state index in [0.29, 0.717) is 6.61 Å². The van der Waals surface area contributed by atoms with Crippen molar-refractivity contribution in [2.45, 2.75) is 6.92 Å². The van der Waals surface area contributed by atoms with Crippen molar-refractivity contribution in [1.29, 1.82) is 0 Å². The molecule has 0 aliphatic rings. The van der Waals surface area contributed by atoms with Crippen molar-refractivity contribution in [3.8, 4) is 5.75 Å². The Bertz CT molecular complexity index is 258. The van der Waals surface area contributed by atoms with Gasteiger partial charge in [-0.3, -0.25) is 0 Å². The SMILES string of the molecule is CCOc1ccc(N(C)CNC)cc1. The Kier molecular flexibility index (Phi) is 4.26. The lowest BCUT2D eigenvalue weighted by atomic mass is 10.3. The van der Waals surface area contributed by atoms with Gasteiger partial charge in [-0.1, -0.05) is 0 Å². The normalized spacial score (nSPS) is 9.93. The summed E-state index contributed by atoms with van der Waals surface area (Å²) in [5, 5.41) is 3.10. The van der Waals surface area contributed by atoms with E-state index >= 15 is 0 Å². The zero-order valence-corrected chi connectivity index (χ0v) is 9.08. The molecule has 0 fully saturated rings. The minimum absolute atomic E-state index is 0.714. The number of ether oxygens (including phenoxy) is 1. The minimum Gasteiger partial charge on any atom is -0.494 e. The Labute approximate surface area is 85.7 Å². The van der Waals surface area contributed by atoms with Crippen LogP contribution in [0.1, 0.15) is 6.92 Å². The summed E-state index contributed by atoms with van der Waals surface area (Å²) >= 11 is 0. The number of hydrogen-bond donors (Lipinski definition) is 1. The van der Waals surface area contributed by atoms with Crippen LogP contribution in [0.2, 0.25) is 0 Å². The molecule has 0 heterocycles. The molecule has 0 bridgehead atoms. The number of nitrogens with one attached hydrogen (secondary N) is 1. The molecule has 0 aliphatic carbocycles. The number of rotatable bonds is 5. The van der Waals surface area contributed by atoms with Gasteiger partial charge in [-0.15, -0.1) is 0 Å². The second-order valence-electron chi connectivity index (χ2n) is 3.14. The molecule has 0 atom stereocenters. The topological polar surface area (TPSA) is 24.5 Å². The van der Waals surface area contributed by atoms with E-state index in [1.165, 1.54) is 5.69 Å². The fraction of sp³-hybridized carbons (Fsp3) is 0.455. The molecule has 3 nitrogen and oxygen atoms in total. The quantitative estimate of drug-likeness (QED) is 0.722. The van der Waals surface area contributed by atoms with Gasteiger partial charge in [0.25, 0.3) is 0 Å². The molecule has 0 radical (unpaired) electrons. The summed E-state index contributed by atoms with van der Waals surface area (Å²) in [6.45, 7) is 3.54. The maximum atomic E-state index is 5.37. The van der Waals surface area contributed by atoms with Gasteiger partial charge in [0.2, 0.25) is 0 Å². The lowest BCUT2D eigenvalue weighted by Gasteiger charge is -2.18. The lowest BCUT2D eigenvalue weighted by molar-refractivity contribution is 0.340. The summed E-state index contributed by atoms with van der Waals surface area (Å²) < 4.78 is 5.37. The van der Waals surface area contributed by atoms with Crippen LogP contribution in [0, 0.1) is 0 Å². The summed E-state index contributed by atoms with van der Waals surface area (Å²) in [6, 6.07) is 8.10. The summed E-state index contributed by atoms with van der Waals surface area (Å²) in [4.78, 5) is 2.13. The molecule has 1 rings (SSSR count). The molecule has 0 aliphatic heterocycles. The molecular weight excluding hydrogens is 176 g/mol. The fourth-order valence-corrected chi connectivity index (χ4v) is 1.29. The third-order valence-corrected chi connectivity index (χ3v) is 1.98. The standard InChI is InChI=1S/C11H18N2O/c1-4-14-11-7-5-10(6-8-11)13(3)9-12-2/h5-8,12H,4,9H2,1-3H3. The molecule has 1 aromatic rings. The summed E-state index contributed by atoms with van der Waals surface area (Å²) in [5.41, 5.74) is 1.18. The molecule has 0 unspecified atom stereocenters. The second-order valence-corrected chi connectivity index (χ2v) is 3.14. The molecular formula is C11H18N2O. The Morgan fingerprint density at radius 3 is 2.43 bits per heavy atom. The Morgan fingerprint density at radius 2 is 1.93 bits per heavy atom. The van der Waals surface area contributed by atoms with E-state index in [1.54, 1.807) is 0 Å². The molecule has 0 saturated heterocycles. The average Bonchev–Trinajstić information content (AvgIpc) is 2.20. The highest BCUT2D eigenvalue weighted by molar-refractivity contribution is 5.48. The number of hydrogen-bond acceptors (Lipinski definition) is 3. The minimum atomic E-state index is 0.714. The molecule has 0 amide bonds. The molecule has 0 spiro atoms. The zero-order chi connectivity index (χ0) is 10.4. The molecule has 0 saturated carbocycles.